The number of methoxy groups -OCH3 is 3. The Bertz CT molecular complexity index is 1060. The van der Waals surface area contributed by atoms with Gasteiger partial charge in [-0.3, -0.25) is 9.69 Å². The molecule has 0 aliphatic carbocycles. The highest BCUT2D eigenvalue weighted by molar-refractivity contribution is 6.10. The standard InChI is InChI=1S/C25H29N3O6/c1-30-20-5-7-22(31-2)21(16-20)27-25(29)19(17-26)14-18-4-6-23(24(15-18)32-3)34-13-10-28-8-11-33-12-9-28/h4-7,14-16H,8-13H2,1-3H3,(H,27,29). The molecule has 0 saturated carbocycles. The number of anilines is 1. The summed E-state index contributed by atoms with van der Waals surface area (Å²) in [5, 5.41) is 12.3. The molecule has 1 aliphatic rings. The number of rotatable bonds is 10. The molecule has 0 radical (unpaired) electrons. The predicted octanol–water partition coefficient (Wildman–Crippen LogP) is 2.97. The average Bonchev–Trinajstić information content (AvgIpc) is 2.88. The Morgan fingerprint density at radius 2 is 1.79 bits per heavy atom. The molecule has 180 valence electrons. The molecule has 0 atom stereocenters. The lowest BCUT2D eigenvalue weighted by atomic mass is 10.1. The molecule has 2 aromatic rings. The minimum Gasteiger partial charge on any atom is -0.497 e. The maximum atomic E-state index is 12.8. The fourth-order valence-electron chi connectivity index (χ4n) is 3.42. The van der Waals surface area contributed by atoms with E-state index in [0.29, 0.717) is 40.9 Å². The van der Waals surface area contributed by atoms with E-state index in [1.165, 1.54) is 20.3 Å². The van der Waals surface area contributed by atoms with Crippen LogP contribution in [-0.2, 0) is 9.53 Å². The van der Waals surface area contributed by atoms with Crippen LogP contribution in [0.3, 0.4) is 0 Å². The van der Waals surface area contributed by atoms with Crippen LogP contribution in [0, 0.1) is 11.3 Å². The second-order valence-electron chi connectivity index (χ2n) is 7.40. The molecular formula is C25H29N3O6. The lowest BCUT2D eigenvalue weighted by Crippen LogP contribution is -2.38. The highest BCUT2D eigenvalue weighted by Crippen LogP contribution is 2.31. The topological polar surface area (TPSA) is 102 Å². The van der Waals surface area contributed by atoms with Gasteiger partial charge < -0.3 is 29.0 Å². The molecule has 1 fully saturated rings. The van der Waals surface area contributed by atoms with Crippen LogP contribution in [0.15, 0.2) is 42.0 Å². The van der Waals surface area contributed by atoms with E-state index < -0.39 is 5.91 Å². The highest BCUT2D eigenvalue weighted by Gasteiger charge is 2.15. The summed E-state index contributed by atoms with van der Waals surface area (Å²) >= 11 is 0. The Morgan fingerprint density at radius 1 is 1.06 bits per heavy atom. The zero-order valence-corrected chi connectivity index (χ0v) is 19.6. The lowest BCUT2D eigenvalue weighted by Gasteiger charge is -2.26. The number of carbonyl (C=O) groups excluding carboxylic acids is 1. The van der Waals surface area contributed by atoms with Gasteiger partial charge in [-0.15, -0.1) is 0 Å². The van der Waals surface area contributed by atoms with Crippen molar-refractivity contribution in [2.24, 2.45) is 0 Å². The van der Waals surface area contributed by atoms with E-state index >= 15 is 0 Å². The van der Waals surface area contributed by atoms with Gasteiger partial charge in [0, 0.05) is 25.7 Å². The molecule has 9 heteroatoms. The summed E-state index contributed by atoms with van der Waals surface area (Å²) in [5.74, 6) is 1.54. The quantitative estimate of drug-likeness (QED) is 0.420. The Hall–Kier alpha value is -3.74. The number of hydrogen-bond acceptors (Lipinski definition) is 8. The van der Waals surface area contributed by atoms with Crippen LogP contribution in [0.4, 0.5) is 5.69 Å². The molecule has 1 N–H and O–H groups in total. The third kappa shape index (κ3) is 6.63. The molecule has 3 rings (SSSR count). The van der Waals surface area contributed by atoms with E-state index in [9.17, 15) is 10.1 Å². The number of benzene rings is 2. The summed E-state index contributed by atoms with van der Waals surface area (Å²) in [6.07, 6.45) is 1.49. The van der Waals surface area contributed by atoms with Gasteiger partial charge in [0.1, 0.15) is 29.7 Å². The highest BCUT2D eigenvalue weighted by atomic mass is 16.5. The van der Waals surface area contributed by atoms with Crippen LogP contribution in [-0.4, -0.2) is 71.6 Å². The van der Waals surface area contributed by atoms with Crippen molar-refractivity contribution in [2.75, 3.05) is 66.1 Å². The number of hydrogen-bond donors (Lipinski definition) is 1. The van der Waals surface area contributed by atoms with E-state index in [4.69, 9.17) is 23.7 Å². The summed E-state index contributed by atoms with van der Waals surface area (Å²) in [4.78, 5) is 15.0. The van der Waals surface area contributed by atoms with Crippen molar-refractivity contribution in [1.29, 1.82) is 5.26 Å². The first-order chi connectivity index (χ1) is 16.6. The molecule has 0 unspecified atom stereocenters. The van der Waals surface area contributed by atoms with Crippen LogP contribution in [0.2, 0.25) is 0 Å². The molecule has 1 saturated heterocycles. The van der Waals surface area contributed by atoms with E-state index in [1.807, 2.05) is 6.07 Å². The fraction of sp³-hybridized carbons (Fsp3) is 0.360. The van der Waals surface area contributed by atoms with Gasteiger partial charge in [-0.05, 0) is 35.9 Å². The summed E-state index contributed by atoms with van der Waals surface area (Å²) in [6.45, 7) is 4.57. The number of nitrogens with one attached hydrogen (secondary N) is 1. The van der Waals surface area contributed by atoms with Gasteiger partial charge in [0.15, 0.2) is 11.5 Å². The second-order valence-corrected chi connectivity index (χ2v) is 7.40. The first-order valence-electron chi connectivity index (χ1n) is 10.8. The van der Waals surface area contributed by atoms with Crippen LogP contribution >= 0.6 is 0 Å². The average molecular weight is 468 g/mol. The third-order valence-electron chi connectivity index (χ3n) is 5.29. The lowest BCUT2D eigenvalue weighted by molar-refractivity contribution is -0.112. The maximum absolute atomic E-state index is 12.8. The summed E-state index contributed by atoms with van der Waals surface area (Å²) in [6, 6.07) is 12.2. The van der Waals surface area contributed by atoms with Crippen molar-refractivity contribution in [2.45, 2.75) is 0 Å². The van der Waals surface area contributed by atoms with Crippen LogP contribution in [0.1, 0.15) is 5.56 Å². The number of amides is 1. The van der Waals surface area contributed by atoms with Gasteiger partial charge in [-0.2, -0.15) is 5.26 Å². The molecule has 2 aromatic carbocycles. The Kier molecular flexibility index (Phi) is 9.14. The molecular weight excluding hydrogens is 438 g/mol. The van der Waals surface area contributed by atoms with E-state index in [1.54, 1.807) is 43.5 Å². The molecule has 34 heavy (non-hydrogen) atoms. The Balaban J connectivity index is 1.70. The zero-order chi connectivity index (χ0) is 24.3. The van der Waals surface area contributed by atoms with Crippen molar-refractivity contribution in [3.63, 3.8) is 0 Å². The number of nitriles is 1. The number of ether oxygens (including phenoxy) is 5. The zero-order valence-electron chi connectivity index (χ0n) is 19.6. The van der Waals surface area contributed by atoms with Gasteiger partial charge in [0.25, 0.3) is 5.91 Å². The predicted molar refractivity (Wildman–Crippen MR) is 128 cm³/mol. The molecule has 0 spiro atoms. The van der Waals surface area contributed by atoms with Crippen molar-refractivity contribution in [3.8, 4) is 29.1 Å². The normalized spacial score (nSPS) is 14.1. The minimum atomic E-state index is -0.571. The van der Waals surface area contributed by atoms with E-state index in [-0.39, 0.29) is 5.57 Å². The molecule has 1 heterocycles. The van der Waals surface area contributed by atoms with Gasteiger partial charge in [0.2, 0.25) is 0 Å². The van der Waals surface area contributed by atoms with E-state index in [2.05, 4.69) is 10.2 Å². The molecule has 1 aliphatic heterocycles. The number of nitrogens with zero attached hydrogens (tertiary/aromatic N) is 2. The van der Waals surface area contributed by atoms with Crippen LogP contribution in [0.25, 0.3) is 6.08 Å². The van der Waals surface area contributed by atoms with Gasteiger partial charge in [0.05, 0.1) is 40.2 Å². The van der Waals surface area contributed by atoms with Crippen LogP contribution in [0.5, 0.6) is 23.0 Å². The van der Waals surface area contributed by atoms with E-state index in [0.717, 1.165) is 32.8 Å². The summed E-state index contributed by atoms with van der Waals surface area (Å²) in [5.41, 5.74) is 0.948. The Labute approximate surface area is 199 Å². The largest absolute Gasteiger partial charge is 0.497 e. The smallest absolute Gasteiger partial charge is 0.266 e. The van der Waals surface area contributed by atoms with Crippen LogP contribution < -0.4 is 24.3 Å². The first-order valence-corrected chi connectivity index (χ1v) is 10.8. The third-order valence-corrected chi connectivity index (χ3v) is 5.29. The van der Waals surface area contributed by atoms with Gasteiger partial charge in [-0.1, -0.05) is 6.07 Å². The molecule has 0 bridgehead atoms. The maximum Gasteiger partial charge on any atom is 0.266 e. The molecule has 1 amide bonds. The Morgan fingerprint density at radius 3 is 2.47 bits per heavy atom. The fourth-order valence-corrected chi connectivity index (χ4v) is 3.42. The summed E-state index contributed by atoms with van der Waals surface area (Å²) in [7, 11) is 4.57. The summed E-state index contributed by atoms with van der Waals surface area (Å²) < 4.78 is 27.2. The molecule has 9 nitrogen and oxygen atoms in total. The number of carbonyl (C=O) groups is 1. The molecule has 0 aromatic heterocycles. The second kappa shape index (κ2) is 12.5. The first kappa shape index (κ1) is 24.9. The van der Waals surface area contributed by atoms with Crippen molar-refractivity contribution >= 4 is 17.7 Å². The van der Waals surface area contributed by atoms with Crippen molar-refractivity contribution < 1.29 is 28.5 Å². The monoisotopic (exact) mass is 467 g/mol. The SMILES string of the molecule is COc1ccc(OC)c(NC(=O)C(C#N)=Cc2ccc(OCCN3CCOCC3)c(OC)c2)c1. The van der Waals surface area contributed by atoms with Crippen molar-refractivity contribution in [3.05, 3.63) is 47.5 Å². The van der Waals surface area contributed by atoms with Gasteiger partial charge in [-0.25, -0.2) is 0 Å². The minimum absolute atomic E-state index is 0.0760. The number of morpholine rings is 1. The van der Waals surface area contributed by atoms with Crippen molar-refractivity contribution in [1.82, 2.24) is 4.90 Å². The van der Waals surface area contributed by atoms with Gasteiger partial charge >= 0.3 is 0 Å².